The summed E-state index contributed by atoms with van der Waals surface area (Å²) in [6.45, 7) is 4.58. The van der Waals surface area contributed by atoms with Gasteiger partial charge in [-0.2, -0.15) is 5.10 Å². The summed E-state index contributed by atoms with van der Waals surface area (Å²) in [5.41, 5.74) is 0. The van der Waals surface area contributed by atoms with Crippen LogP contribution in [-0.2, 0) is 6.54 Å². The number of halogens is 1. The van der Waals surface area contributed by atoms with E-state index in [9.17, 15) is 5.11 Å². The van der Waals surface area contributed by atoms with Crippen LogP contribution in [0.5, 0.6) is 0 Å². The molecule has 0 saturated carbocycles. The number of aliphatic hydroxyl groups is 1. The van der Waals surface area contributed by atoms with Crippen LogP contribution >= 0.6 is 22.6 Å². The maximum atomic E-state index is 9.53. The van der Waals surface area contributed by atoms with Crippen molar-refractivity contribution in [1.29, 1.82) is 0 Å². The highest BCUT2D eigenvalue weighted by Crippen LogP contribution is 2.06. The van der Waals surface area contributed by atoms with Crippen LogP contribution in [0, 0.1) is 9.49 Å². The largest absolute Gasteiger partial charge is 0.391 e. The van der Waals surface area contributed by atoms with Crippen LogP contribution in [-0.4, -0.2) is 21.0 Å². The molecule has 1 heterocycles. The molecule has 0 fully saturated rings. The van der Waals surface area contributed by atoms with E-state index in [1.807, 2.05) is 20.0 Å². The smallest absolute Gasteiger partial charge is 0.0758 e. The van der Waals surface area contributed by atoms with Crippen LogP contribution in [0.3, 0.4) is 0 Å². The normalized spacial score (nSPS) is 13.8. The number of aromatic nitrogens is 2. The fraction of sp³-hybridized carbons (Fsp3) is 0.625. The predicted molar refractivity (Wildman–Crippen MR) is 55.8 cm³/mol. The fourth-order valence-corrected chi connectivity index (χ4v) is 1.29. The molecule has 4 heteroatoms. The molecular weight excluding hydrogens is 267 g/mol. The molecule has 12 heavy (non-hydrogen) atoms. The molecule has 0 aliphatic rings. The molecule has 0 aliphatic heterocycles. The van der Waals surface area contributed by atoms with Gasteiger partial charge in [0.15, 0.2) is 0 Å². The first kappa shape index (κ1) is 9.98. The van der Waals surface area contributed by atoms with Crippen LogP contribution in [0.15, 0.2) is 12.4 Å². The first-order valence-electron chi connectivity index (χ1n) is 3.95. The second-order valence-electron chi connectivity index (χ2n) is 3.19. The summed E-state index contributed by atoms with van der Waals surface area (Å²) >= 11 is 2.20. The lowest BCUT2D eigenvalue weighted by atomic mass is 10.1. The van der Waals surface area contributed by atoms with E-state index in [-0.39, 0.29) is 12.0 Å². The number of hydrogen-bond acceptors (Lipinski definition) is 2. The van der Waals surface area contributed by atoms with E-state index in [0.29, 0.717) is 6.54 Å². The Morgan fingerprint density at radius 2 is 2.33 bits per heavy atom. The van der Waals surface area contributed by atoms with Gasteiger partial charge in [0.2, 0.25) is 0 Å². The quantitative estimate of drug-likeness (QED) is 0.852. The van der Waals surface area contributed by atoms with Gasteiger partial charge in [0.25, 0.3) is 0 Å². The summed E-state index contributed by atoms with van der Waals surface area (Å²) < 4.78 is 2.87. The van der Waals surface area contributed by atoms with Crippen molar-refractivity contribution >= 4 is 22.6 Å². The topological polar surface area (TPSA) is 38.0 Å². The minimum absolute atomic E-state index is 0.284. The van der Waals surface area contributed by atoms with Crippen LogP contribution in [0.1, 0.15) is 13.8 Å². The molecule has 0 aromatic carbocycles. The molecule has 0 aliphatic carbocycles. The van der Waals surface area contributed by atoms with Crippen molar-refractivity contribution in [2.45, 2.75) is 26.5 Å². The Balaban J connectivity index is 2.52. The number of nitrogens with zero attached hydrogens (tertiary/aromatic N) is 2. The maximum Gasteiger partial charge on any atom is 0.0758 e. The van der Waals surface area contributed by atoms with E-state index in [4.69, 9.17) is 0 Å². The fourth-order valence-electron chi connectivity index (χ4n) is 0.841. The highest BCUT2D eigenvalue weighted by atomic mass is 127. The van der Waals surface area contributed by atoms with Crippen molar-refractivity contribution in [1.82, 2.24) is 9.78 Å². The number of aliphatic hydroxyl groups excluding tert-OH is 1. The zero-order chi connectivity index (χ0) is 9.14. The van der Waals surface area contributed by atoms with Crippen molar-refractivity contribution in [3.05, 3.63) is 16.0 Å². The second kappa shape index (κ2) is 4.23. The highest BCUT2D eigenvalue weighted by molar-refractivity contribution is 14.1. The molecule has 1 aromatic heterocycles. The van der Waals surface area contributed by atoms with Crippen molar-refractivity contribution in [2.75, 3.05) is 0 Å². The van der Waals surface area contributed by atoms with Crippen molar-refractivity contribution in [3.8, 4) is 0 Å². The van der Waals surface area contributed by atoms with Crippen LogP contribution in [0.2, 0.25) is 0 Å². The number of hydrogen-bond donors (Lipinski definition) is 1. The highest BCUT2D eigenvalue weighted by Gasteiger charge is 2.09. The molecular formula is C8H13IN2O. The molecule has 0 amide bonds. The lowest BCUT2D eigenvalue weighted by molar-refractivity contribution is 0.103. The third-order valence-corrected chi connectivity index (χ3v) is 2.30. The van der Waals surface area contributed by atoms with E-state index in [1.54, 1.807) is 10.9 Å². The minimum Gasteiger partial charge on any atom is -0.391 e. The first-order valence-corrected chi connectivity index (χ1v) is 5.03. The van der Waals surface area contributed by atoms with Gasteiger partial charge in [-0.3, -0.25) is 4.68 Å². The van der Waals surface area contributed by atoms with Gasteiger partial charge in [-0.15, -0.1) is 0 Å². The van der Waals surface area contributed by atoms with Gasteiger partial charge in [-0.25, -0.2) is 0 Å². The Hall–Kier alpha value is -0.100. The van der Waals surface area contributed by atoms with Crippen molar-refractivity contribution in [2.24, 2.45) is 5.92 Å². The third kappa shape index (κ3) is 2.75. The first-order chi connectivity index (χ1) is 5.59. The Morgan fingerprint density at radius 3 is 2.75 bits per heavy atom. The maximum absolute atomic E-state index is 9.53. The molecule has 0 saturated heterocycles. The third-order valence-electron chi connectivity index (χ3n) is 1.75. The molecule has 1 aromatic rings. The van der Waals surface area contributed by atoms with E-state index in [1.165, 1.54) is 0 Å². The van der Waals surface area contributed by atoms with Crippen molar-refractivity contribution in [3.63, 3.8) is 0 Å². The standard InChI is InChI=1S/C8H13IN2O/c1-6(2)8(12)5-11-4-7(9)3-10-11/h3-4,6,8,12H,5H2,1-2H3. The van der Waals surface area contributed by atoms with Gasteiger partial charge < -0.3 is 5.11 Å². The summed E-state index contributed by atoms with van der Waals surface area (Å²) in [4.78, 5) is 0. The monoisotopic (exact) mass is 280 g/mol. The molecule has 1 N–H and O–H groups in total. The molecule has 0 bridgehead atoms. The van der Waals surface area contributed by atoms with Crippen molar-refractivity contribution < 1.29 is 5.11 Å². The molecule has 68 valence electrons. The average Bonchev–Trinajstić information content (AvgIpc) is 2.35. The van der Waals surface area contributed by atoms with E-state index in [2.05, 4.69) is 27.7 Å². The molecule has 1 atom stereocenters. The molecule has 1 unspecified atom stereocenters. The van der Waals surface area contributed by atoms with Crippen LogP contribution in [0.4, 0.5) is 0 Å². The Labute approximate surface area is 85.9 Å². The van der Waals surface area contributed by atoms with Gasteiger partial charge in [-0.05, 0) is 28.5 Å². The van der Waals surface area contributed by atoms with Crippen LogP contribution < -0.4 is 0 Å². The molecule has 3 nitrogen and oxygen atoms in total. The zero-order valence-corrected chi connectivity index (χ0v) is 9.39. The van der Waals surface area contributed by atoms with Gasteiger partial charge in [-0.1, -0.05) is 13.8 Å². The summed E-state index contributed by atoms with van der Waals surface area (Å²) in [6, 6.07) is 0. The lowest BCUT2D eigenvalue weighted by Crippen LogP contribution is -2.21. The van der Waals surface area contributed by atoms with Gasteiger partial charge in [0, 0.05) is 6.20 Å². The van der Waals surface area contributed by atoms with E-state index >= 15 is 0 Å². The second-order valence-corrected chi connectivity index (χ2v) is 4.44. The average molecular weight is 280 g/mol. The zero-order valence-electron chi connectivity index (χ0n) is 7.24. The van der Waals surface area contributed by atoms with Crippen LogP contribution in [0.25, 0.3) is 0 Å². The van der Waals surface area contributed by atoms with Gasteiger partial charge in [0.05, 0.1) is 22.4 Å². The lowest BCUT2D eigenvalue weighted by Gasteiger charge is -2.13. The van der Waals surface area contributed by atoms with Gasteiger partial charge in [0.1, 0.15) is 0 Å². The molecule has 0 radical (unpaired) electrons. The Bertz CT molecular complexity index is 247. The van der Waals surface area contributed by atoms with E-state index < -0.39 is 0 Å². The van der Waals surface area contributed by atoms with Gasteiger partial charge >= 0.3 is 0 Å². The molecule has 1 rings (SSSR count). The Kier molecular flexibility index (Phi) is 3.52. The van der Waals surface area contributed by atoms with E-state index in [0.717, 1.165) is 3.57 Å². The minimum atomic E-state index is -0.305. The summed E-state index contributed by atoms with van der Waals surface area (Å²) in [6.07, 6.45) is 3.40. The Morgan fingerprint density at radius 1 is 1.67 bits per heavy atom. The summed E-state index contributed by atoms with van der Waals surface area (Å²) in [7, 11) is 0. The predicted octanol–water partition coefficient (Wildman–Crippen LogP) is 1.50. The summed E-state index contributed by atoms with van der Waals surface area (Å²) in [5.74, 6) is 0.284. The summed E-state index contributed by atoms with van der Waals surface area (Å²) in [5, 5.41) is 13.6. The SMILES string of the molecule is CC(C)C(O)Cn1cc(I)cn1. The molecule has 0 spiro atoms. The number of rotatable bonds is 3.